The van der Waals surface area contributed by atoms with Crippen LogP contribution in [0.1, 0.15) is 91.4 Å². The first kappa shape index (κ1) is 36.5. The number of aliphatic hydroxyl groups is 1. The van der Waals surface area contributed by atoms with Gasteiger partial charge in [-0.1, -0.05) is 83.7 Å². The molecule has 0 aliphatic carbocycles. The van der Waals surface area contributed by atoms with Gasteiger partial charge in [-0.3, -0.25) is 18.9 Å². The van der Waals surface area contributed by atoms with E-state index in [1.165, 1.54) is 64.9 Å². The predicted octanol–water partition coefficient (Wildman–Crippen LogP) is 3.27. The average molecular weight is 584 g/mol. The number of carbonyl (C=O) groups is 3. The zero-order chi connectivity index (χ0) is 29.0. The van der Waals surface area contributed by atoms with E-state index in [0.29, 0.717) is 11.5 Å². The number of carbonyl (C=O) groups excluding carboxylic acids is 3. The number of rotatable bonds is 22. The molecule has 0 saturated heterocycles. The minimum atomic E-state index is -4.74. The van der Waals surface area contributed by atoms with Gasteiger partial charge in [0.1, 0.15) is 6.10 Å². The second-order valence-electron chi connectivity index (χ2n) is 10.0. The zero-order valence-electron chi connectivity index (χ0n) is 23.0. The Hall–Kier alpha value is -1.49. The topological polar surface area (TPSA) is 174 Å². The summed E-state index contributed by atoms with van der Waals surface area (Å²) in [5.41, 5.74) is -1.27. The molecular weight excluding hydrogens is 537 g/mol. The molecule has 0 fully saturated rings. The molecule has 11 nitrogen and oxygen atoms in total. The van der Waals surface area contributed by atoms with Crippen molar-refractivity contribution in [2.75, 3.05) is 26.2 Å². The summed E-state index contributed by atoms with van der Waals surface area (Å²) in [6, 6.07) is 0. The molecule has 0 rings (SSSR count). The predicted molar refractivity (Wildman–Crippen MR) is 147 cm³/mol. The van der Waals surface area contributed by atoms with E-state index in [1.807, 2.05) is 0 Å². The molecule has 0 heterocycles. The monoisotopic (exact) mass is 583 g/mol. The summed E-state index contributed by atoms with van der Waals surface area (Å²) < 4.78 is 15.2. The summed E-state index contributed by atoms with van der Waals surface area (Å²) in [5, 5.41) is 18.3. The number of phosphoric acid groups is 1. The minimum Gasteiger partial charge on any atom is -0.383 e. The van der Waals surface area contributed by atoms with Crippen molar-refractivity contribution in [2.24, 2.45) is 5.41 Å². The van der Waals surface area contributed by atoms with Crippen molar-refractivity contribution < 1.29 is 38.4 Å². The van der Waals surface area contributed by atoms with Gasteiger partial charge in [-0.25, -0.2) is 4.57 Å². The number of allylic oxidation sites excluding steroid dienone is 1. The van der Waals surface area contributed by atoms with E-state index >= 15 is 0 Å². The van der Waals surface area contributed by atoms with Crippen LogP contribution < -0.4 is 16.0 Å². The van der Waals surface area contributed by atoms with Crippen LogP contribution in [0, 0.1) is 5.41 Å². The first-order valence-corrected chi connectivity index (χ1v) is 15.3. The Morgan fingerprint density at radius 1 is 0.895 bits per heavy atom. The van der Waals surface area contributed by atoms with Crippen molar-refractivity contribution >= 4 is 37.1 Å². The van der Waals surface area contributed by atoms with Crippen LogP contribution in [-0.2, 0) is 23.5 Å². The summed E-state index contributed by atoms with van der Waals surface area (Å²) in [5.74, 6) is -1.49. The number of nitrogens with one attached hydrogen (secondary N) is 3. The van der Waals surface area contributed by atoms with Crippen molar-refractivity contribution in [2.45, 2.75) is 97.5 Å². The van der Waals surface area contributed by atoms with Crippen molar-refractivity contribution in [3.05, 3.63) is 11.1 Å². The van der Waals surface area contributed by atoms with Crippen LogP contribution in [0.2, 0.25) is 0 Å². The lowest BCUT2D eigenvalue weighted by Crippen LogP contribution is -2.46. The second-order valence-corrected chi connectivity index (χ2v) is 11.7. The van der Waals surface area contributed by atoms with Crippen LogP contribution in [0.15, 0.2) is 11.1 Å². The van der Waals surface area contributed by atoms with E-state index in [1.54, 1.807) is 0 Å². The highest BCUT2D eigenvalue weighted by atomic mass is 35.5. The fraction of sp³-hybridized carbons (Fsp3) is 0.800. The van der Waals surface area contributed by atoms with E-state index in [0.717, 1.165) is 12.8 Å². The summed E-state index contributed by atoms with van der Waals surface area (Å²) in [6.45, 7) is 4.83. The van der Waals surface area contributed by atoms with Crippen LogP contribution in [0.3, 0.4) is 0 Å². The molecule has 0 saturated carbocycles. The van der Waals surface area contributed by atoms with Gasteiger partial charge in [-0.05, 0) is 12.8 Å². The molecule has 0 aromatic heterocycles. The fourth-order valence-electron chi connectivity index (χ4n) is 3.43. The molecule has 0 aromatic rings. The number of hydrogen-bond acceptors (Lipinski definition) is 6. The fourth-order valence-corrected chi connectivity index (χ4v) is 4.16. The van der Waals surface area contributed by atoms with Gasteiger partial charge in [0.25, 0.3) is 0 Å². The Balaban J connectivity index is 3.96. The van der Waals surface area contributed by atoms with Crippen molar-refractivity contribution in [3.63, 3.8) is 0 Å². The first-order valence-electron chi connectivity index (χ1n) is 13.3. The molecule has 0 unspecified atom stereocenters. The van der Waals surface area contributed by atoms with Crippen molar-refractivity contribution in [1.29, 1.82) is 0 Å². The van der Waals surface area contributed by atoms with E-state index < -0.39 is 31.9 Å². The SMILES string of the molecule is CCCCCCCCCCC/C(Cl)=C\C(=O)NCCNC(=O)CCNC(=O)[C@H](O)C(C)(C)COP(=O)(O)O. The van der Waals surface area contributed by atoms with Crippen molar-refractivity contribution in [1.82, 2.24) is 16.0 Å². The maximum absolute atomic E-state index is 12.1. The van der Waals surface area contributed by atoms with Gasteiger partial charge >= 0.3 is 7.82 Å². The third kappa shape index (κ3) is 20.5. The molecule has 0 radical (unpaired) electrons. The Kier molecular flexibility index (Phi) is 19.6. The molecule has 0 bridgehead atoms. The highest BCUT2D eigenvalue weighted by Crippen LogP contribution is 2.38. The molecule has 222 valence electrons. The van der Waals surface area contributed by atoms with Gasteiger partial charge < -0.3 is 30.8 Å². The number of phosphoric ester groups is 1. The minimum absolute atomic E-state index is 0.0548. The van der Waals surface area contributed by atoms with Crippen LogP contribution in [0.25, 0.3) is 0 Å². The lowest BCUT2D eigenvalue weighted by Gasteiger charge is -2.29. The zero-order valence-corrected chi connectivity index (χ0v) is 24.6. The maximum atomic E-state index is 12.1. The third-order valence-electron chi connectivity index (χ3n) is 5.80. The summed E-state index contributed by atoms with van der Waals surface area (Å²) in [4.78, 5) is 53.5. The van der Waals surface area contributed by atoms with Crippen molar-refractivity contribution in [3.8, 4) is 0 Å². The molecule has 13 heteroatoms. The highest BCUT2D eigenvalue weighted by molar-refractivity contribution is 7.46. The Morgan fingerprint density at radius 2 is 1.45 bits per heavy atom. The van der Waals surface area contributed by atoms with Crippen LogP contribution in [-0.4, -0.2) is 65.0 Å². The largest absolute Gasteiger partial charge is 0.469 e. The number of halogens is 1. The number of hydrogen-bond donors (Lipinski definition) is 6. The summed E-state index contributed by atoms with van der Waals surface area (Å²) in [7, 11) is -4.74. The smallest absolute Gasteiger partial charge is 0.383 e. The quantitative estimate of drug-likeness (QED) is 0.0639. The highest BCUT2D eigenvalue weighted by Gasteiger charge is 2.35. The Morgan fingerprint density at radius 3 is 2.03 bits per heavy atom. The Bertz CT molecular complexity index is 789. The molecule has 0 aliphatic heterocycles. The van der Waals surface area contributed by atoms with Gasteiger partial charge in [0.15, 0.2) is 0 Å². The van der Waals surface area contributed by atoms with Gasteiger partial charge in [-0.2, -0.15) is 0 Å². The molecule has 38 heavy (non-hydrogen) atoms. The van der Waals surface area contributed by atoms with E-state index in [9.17, 15) is 24.1 Å². The lowest BCUT2D eigenvalue weighted by atomic mass is 9.87. The van der Waals surface area contributed by atoms with Gasteiger partial charge in [0, 0.05) is 42.6 Å². The van der Waals surface area contributed by atoms with E-state index in [2.05, 4.69) is 27.4 Å². The molecule has 0 aromatic carbocycles. The van der Waals surface area contributed by atoms with Gasteiger partial charge in [0.2, 0.25) is 17.7 Å². The Labute approximate surface area is 231 Å². The maximum Gasteiger partial charge on any atom is 0.469 e. The summed E-state index contributed by atoms with van der Waals surface area (Å²) in [6.07, 6.45) is 11.3. The van der Waals surface area contributed by atoms with Crippen LogP contribution in [0.5, 0.6) is 0 Å². The molecule has 1 atom stereocenters. The number of unbranched alkanes of at least 4 members (excludes halogenated alkanes) is 8. The first-order chi connectivity index (χ1) is 17.8. The number of aliphatic hydroxyl groups excluding tert-OH is 1. The molecular formula is C25H47ClN3O8P. The third-order valence-corrected chi connectivity index (χ3v) is 6.56. The molecule has 0 spiro atoms. The standard InChI is InChI=1S/C25H47ClN3O8P/c1-4-5-6-7-8-9-10-11-12-13-20(26)18-22(31)28-17-16-27-21(30)14-15-29-24(33)23(32)25(2,3)19-37-38(34,35)36/h18,23,32H,4-17,19H2,1-3H3,(H,27,30)(H,28,31)(H,29,33)(H2,34,35,36)/b20-18+/t23-/m0/s1. The summed E-state index contributed by atoms with van der Waals surface area (Å²) >= 11 is 6.14. The normalized spacial score (nSPS) is 13.2. The molecule has 0 aliphatic rings. The molecule has 6 N–H and O–H groups in total. The lowest BCUT2D eigenvalue weighted by molar-refractivity contribution is -0.137. The second kappa shape index (κ2) is 20.4. The van der Waals surface area contributed by atoms with E-state index in [-0.39, 0.29) is 37.9 Å². The average Bonchev–Trinajstić information content (AvgIpc) is 2.83. The molecule has 3 amide bonds. The van der Waals surface area contributed by atoms with Crippen LogP contribution in [0.4, 0.5) is 0 Å². The number of amides is 3. The van der Waals surface area contributed by atoms with Crippen LogP contribution >= 0.6 is 19.4 Å². The van der Waals surface area contributed by atoms with Gasteiger partial charge in [-0.15, -0.1) is 0 Å². The van der Waals surface area contributed by atoms with E-state index in [4.69, 9.17) is 21.4 Å². The van der Waals surface area contributed by atoms with Gasteiger partial charge in [0.05, 0.1) is 6.61 Å².